The predicted molar refractivity (Wildman–Crippen MR) is 104 cm³/mol. The average Bonchev–Trinajstić information content (AvgIpc) is 2.65. The van der Waals surface area contributed by atoms with E-state index in [4.69, 9.17) is 0 Å². The van der Waals surface area contributed by atoms with Crippen LogP contribution in [0.5, 0.6) is 0 Å². The number of carbonyl (C=O) groups excluding carboxylic acids is 1. The lowest BCUT2D eigenvalue weighted by Gasteiger charge is -2.36. The van der Waals surface area contributed by atoms with E-state index in [0.29, 0.717) is 28.7 Å². The lowest BCUT2D eigenvalue weighted by atomic mass is 9.72. The van der Waals surface area contributed by atoms with Crippen LogP contribution >= 0.6 is 11.8 Å². The number of H-pyrrole nitrogens is 1. The average molecular weight is 365 g/mol. The van der Waals surface area contributed by atoms with Crippen molar-refractivity contribution in [3.8, 4) is 0 Å². The largest absolute Gasteiger partial charge is 0.343 e. The molecule has 2 atom stereocenters. The Morgan fingerprint density at radius 1 is 1.23 bits per heavy atom. The van der Waals surface area contributed by atoms with Crippen molar-refractivity contribution >= 4 is 23.4 Å². The highest BCUT2D eigenvalue weighted by Gasteiger charge is 2.42. The summed E-state index contributed by atoms with van der Waals surface area (Å²) in [6.45, 7) is 3.70. The van der Waals surface area contributed by atoms with Crippen molar-refractivity contribution in [2.75, 3.05) is 11.1 Å². The highest BCUT2D eigenvalue weighted by Crippen LogP contribution is 2.44. The molecule has 0 unspecified atom stereocenters. The highest BCUT2D eigenvalue weighted by molar-refractivity contribution is 7.99. The first kappa shape index (κ1) is 16.8. The number of nitrogens with one attached hydrogen (secondary N) is 2. The van der Waals surface area contributed by atoms with Crippen LogP contribution in [0.1, 0.15) is 29.9 Å². The van der Waals surface area contributed by atoms with Crippen LogP contribution in [0, 0.1) is 5.92 Å². The Morgan fingerprint density at radius 2 is 2.04 bits per heavy atom. The van der Waals surface area contributed by atoms with Crippen LogP contribution in [-0.4, -0.2) is 21.5 Å². The maximum Gasteiger partial charge on any atom is 0.257 e. The summed E-state index contributed by atoms with van der Waals surface area (Å²) in [7, 11) is 0. The molecule has 2 aromatic rings. The van der Waals surface area contributed by atoms with Gasteiger partial charge in [0.2, 0.25) is 0 Å². The standard InChI is InChI=1S/C20H19N3O2S/c1-2-11-26-20-22-18-17(19(25)23-20)15(12-7-4-3-5-8-12)16-13(21-18)9-6-10-14(16)24/h2-5,7-9,15-16H,1,6,10-11H2,(H2,21,22,23,25)/t15-,16-/m1/s1. The Hall–Kier alpha value is -2.60. The zero-order chi connectivity index (χ0) is 18.1. The highest BCUT2D eigenvalue weighted by atomic mass is 32.2. The minimum Gasteiger partial charge on any atom is -0.343 e. The van der Waals surface area contributed by atoms with Gasteiger partial charge in [0.25, 0.3) is 5.56 Å². The van der Waals surface area contributed by atoms with E-state index in [2.05, 4.69) is 27.9 Å². The molecule has 0 bridgehead atoms. The number of hydrogen-bond donors (Lipinski definition) is 2. The van der Waals surface area contributed by atoms with Gasteiger partial charge in [0.15, 0.2) is 5.16 Å². The molecule has 2 heterocycles. The van der Waals surface area contributed by atoms with Crippen LogP contribution in [0.4, 0.5) is 5.82 Å². The van der Waals surface area contributed by atoms with E-state index in [1.807, 2.05) is 30.3 Å². The van der Waals surface area contributed by atoms with E-state index >= 15 is 0 Å². The molecule has 132 valence electrons. The molecule has 0 saturated carbocycles. The topological polar surface area (TPSA) is 74.8 Å². The number of benzene rings is 1. The lowest BCUT2D eigenvalue weighted by Crippen LogP contribution is -2.38. The van der Waals surface area contributed by atoms with Crippen LogP contribution < -0.4 is 10.9 Å². The summed E-state index contributed by atoms with van der Waals surface area (Å²) in [5.41, 5.74) is 2.16. The summed E-state index contributed by atoms with van der Waals surface area (Å²) >= 11 is 1.42. The third kappa shape index (κ3) is 2.90. The zero-order valence-corrected chi connectivity index (χ0v) is 15.0. The van der Waals surface area contributed by atoms with Crippen LogP contribution in [0.3, 0.4) is 0 Å². The number of hydrogen-bond acceptors (Lipinski definition) is 5. The van der Waals surface area contributed by atoms with E-state index in [9.17, 15) is 9.59 Å². The Balaban J connectivity index is 1.90. The number of Topliss-reactive ketones (excluding diaryl/α,β-unsaturated/α-hetero) is 1. The van der Waals surface area contributed by atoms with Gasteiger partial charge >= 0.3 is 0 Å². The Bertz CT molecular complexity index is 949. The minimum absolute atomic E-state index is 0.166. The van der Waals surface area contributed by atoms with Crippen molar-refractivity contribution in [2.45, 2.75) is 23.9 Å². The first-order chi connectivity index (χ1) is 12.7. The number of carbonyl (C=O) groups is 1. The number of ketones is 1. The Labute approximate surface area is 155 Å². The fourth-order valence-electron chi connectivity index (χ4n) is 3.69. The van der Waals surface area contributed by atoms with Crippen molar-refractivity contribution in [1.29, 1.82) is 0 Å². The summed E-state index contributed by atoms with van der Waals surface area (Å²) < 4.78 is 0. The molecule has 26 heavy (non-hydrogen) atoms. The number of fused-ring (bicyclic) bond motifs is 2. The quantitative estimate of drug-likeness (QED) is 0.493. The van der Waals surface area contributed by atoms with Gasteiger partial charge in [0.1, 0.15) is 11.6 Å². The molecule has 1 aliphatic carbocycles. The Kier molecular flexibility index (Phi) is 4.51. The van der Waals surface area contributed by atoms with Gasteiger partial charge in [-0.05, 0) is 12.0 Å². The van der Waals surface area contributed by atoms with Gasteiger partial charge in [0.05, 0.1) is 11.5 Å². The number of anilines is 1. The van der Waals surface area contributed by atoms with Crippen LogP contribution in [0.15, 0.2) is 64.7 Å². The van der Waals surface area contributed by atoms with Gasteiger partial charge in [0, 0.05) is 23.8 Å². The third-order valence-electron chi connectivity index (χ3n) is 4.77. The molecule has 0 amide bonds. The van der Waals surface area contributed by atoms with Crippen LogP contribution in [0.25, 0.3) is 0 Å². The Morgan fingerprint density at radius 3 is 2.81 bits per heavy atom. The maximum absolute atomic E-state index is 12.9. The second-order valence-corrected chi connectivity index (χ2v) is 7.40. The first-order valence-corrected chi connectivity index (χ1v) is 9.60. The second-order valence-electron chi connectivity index (χ2n) is 6.39. The van der Waals surface area contributed by atoms with Gasteiger partial charge in [-0.25, -0.2) is 4.98 Å². The predicted octanol–water partition coefficient (Wildman–Crippen LogP) is 3.47. The summed E-state index contributed by atoms with van der Waals surface area (Å²) in [5.74, 6) is 0.702. The smallest absolute Gasteiger partial charge is 0.257 e. The van der Waals surface area contributed by atoms with Crippen molar-refractivity contribution in [2.24, 2.45) is 5.92 Å². The molecule has 1 aliphatic heterocycles. The van der Waals surface area contributed by atoms with Crippen molar-refractivity contribution in [1.82, 2.24) is 9.97 Å². The number of aromatic amines is 1. The van der Waals surface area contributed by atoms with Gasteiger partial charge < -0.3 is 10.3 Å². The zero-order valence-electron chi connectivity index (χ0n) is 14.2. The number of allylic oxidation sites excluding steroid dienone is 2. The van der Waals surface area contributed by atoms with Gasteiger partial charge in [-0.1, -0.05) is 54.2 Å². The number of rotatable bonds is 4. The molecule has 2 aliphatic rings. The molecule has 1 aromatic carbocycles. The molecule has 5 nitrogen and oxygen atoms in total. The van der Waals surface area contributed by atoms with Crippen molar-refractivity contribution in [3.63, 3.8) is 0 Å². The molecule has 2 N–H and O–H groups in total. The van der Waals surface area contributed by atoms with Crippen LogP contribution in [-0.2, 0) is 4.79 Å². The summed E-state index contributed by atoms with van der Waals surface area (Å²) in [4.78, 5) is 33.1. The fraction of sp³-hybridized carbons (Fsp3) is 0.250. The van der Waals surface area contributed by atoms with Crippen molar-refractivity contribution in [3.05, 3.63) is 76.2 Å². The van der Waals surface area contributed by atoms with E-state index < -0.39 is 0 Å². The van der Waals surface area contributed by atoms with Gasteiger partial charge in [-0.3, -0.25) is 9.59 Å². The lowest BCUT2D eigenvalue weighted by molar-refractivity contribution is -0.122. The van der Waals surface area contributed by atoms with Crippen molar-refractivity contribution < 1.29 is 4.79 Å². The first-order valence-electron chi connectivity index (χ1n) is 8.61. The van der Waals surface area contributed by atoms with E-state index in [1.165, 1.54) is 11.8 Å². The summed E-state index contributed by atoms with van der Waals surface area (Å²) in [6.07, 6.45) is 5.05. The number of nitrogens with zero attached hydrogens (tertiary/aromatic N) is 1. The fourth-order valence-corrected chi connectivity index (χ4v) is 4.29. The van der Waals surface area contributed by atoms with Crippen LogP contribution in [0.2, 0.25) is 0 Å². The van der Waals surface area contributed by atoms with Gasteiger partial charge in [-0.2, -0.15) is 0 Å². The summed E-state index contributed by atoms with van der Waals surface area (Å²) in [5, 5.41) is 3.81. The number of thioether (sulfide) groups is 1. The molecule has 4 rings (SSSR count). The summed E-state index contributed by atoms with van der Waals surface area (Å²) in [6, 6.07) is 9.74. The molecule has 0 radical (unpaired) electrons. The van der Waals surface area contributed by atoms with E-state index in [1.54, 1.807) is 6.08 Å². The normalized spacial score (nSPS) is 21.2. The van der Waals surface area contributed by atoms with E-state index in [0.717, 1.165) is 17.7 Å². The number of aromatic nitrogens is 2. The monoisotopic (exact) mass is 365 g/mol. The molecule has 1 aromatic heterocycles. The third-order valence-corrected chi connectivity index (χ3v) is 5.64. The maximum atomic E-state index is 12.9. The second kappa shape index (κ2) is 6.96. The molecule has 0 saturated heterocycles. The molecular formula is C20H19N3O2S. The minimum atomic E-state index is -0.353. The van der Waals surface area contributed by atoms with E-state index in [-0.39, 0.29) is 23.2 Å². The van der Waals surface area contributed by atoms with Gasteiger partial charge in [-0.15, -0.1) is 6.58 Å². The SMILES string of the molecule is C=CCSc1nc2c(c(=O)[nH]1)[C@H](c1ccccc1)[C@H]1C(=O)CCC=C1N2. The molecule has 6 heteroatoms. The molecular weight excluding hydrogens is 346 g/mol. The molecule has 0 fully saturated rings. The molecule has 0 spiro atoms.